The molecule has 0 bridgehead atoms. The van der Waals surface area contributed by atoms with Crippen LogP contribution in [0.2, 0.25) is 0 Å². The second kappa shape index (κ2) is 13.3. The second-order valence-corrected chi connectivity index (χ2v) is 13.4. The molecule has 0 unspecified atom stereocenters. The second-order valence-electron chi connectivity index (χ2n) is 10.6. The van der Waals surface area contributed by atoms with Crippen molar-refractivity contribution in [3.8, 4) is 5.75 Å². The number of hydrogen-bond donors (Lipinski definition) is 1. The third-order valence-corrected chi connectivity index (χ3v) is 7.68. The third-order valence-electron chi connectivity index (χ3n) is 6.05. The predicted molar refractivity (Wildman–Crippen MR) is 162 cm³/mol. The molecule has 0 fully saturated rings. The number of hydrogen-bond acceptors (Lipinski definition) is 5. The van der Waals surface area contributed by atoms with Crippen LogP contribution in [0.5, 0.6) is 5.75 Å². The number of nitrogens with one attached hydrogen (secondary N) is 1. The van der Waals surface area contributed by atoms with E-state index in [1.165, 1.54) is 12.0 Å². The Kier molecular flexibility index (Phi) is 10.4. The number of nitrogens with zero attached hydrogens (tertiary/aromatic N) is 2. The summed E-state index contributed by atoms with van der Waals surface area (Å²) in [5, 5.41) is 3.01. The van der Waals surface area contributed by atoms with E-state index < -0.39 is 34.1 Å². The van der Waals surface area contributed by atoms with Gasteiger partial charge in [0, 0.05) is 23.0 Å². The first kappa shape index (κ1) is 31.2. The van der Waals surface area contributed by atoms with Crippen LogP contribution in [0.1, 0.15) is 31.9 Å². The maximum atomic E-state index is 14.1. The monoisotopic (exact) mass is 629 g/mol. The van der Waals surface area contributed by atoms with Gasteiger partial charge in [-0.3, -0.25) is 13.9 Å². The Morgan fingerprint density at radius 2 is 1.57 bits per heavy atom. The molecule has 40 heavy (non-hydrogen) atoms. The van der Waals surface area contributed by atoms with Gasteiger partial charge in [0.15, 0.2) is 0 Å². The van der Waals surface area contributed by atoms with Gasteiger partial charge in [-0.1, -0.05) is 58.4 Å². The fourth-order valence-electron chi connectivity index (χ4n) is 4.20. The fourth-order valence-corrected chi connectivity index (χ4v) is 5.50. The molecule has 0 aliphatic rings. The van der Waals surface area contributed by atoms with Gasteiger partial charge >= 0.3 is 0 Å². The van der Waals surface area contributed by atoms with Crippen molar-refractivity contribution in [2.75, 3.05) is 24.2 Å². The first-order valence-corrected chi connectivity index (χ1v) is 15.4. The molecule has 0 radical (unpaired) electrons. The van der Waals surface area contributed by atoms with Crippen molar-refractivity contribution in [3.05, 3.63) is 94.5 Å². The van der Waals surface area contributed by atoms with E-state index >= 15 is 0 Å². The van der Waals surface area contributed by atoms with Gasteiger partial charge in [-0.15, -0.1) is 0 Å². The van der Waals surface area contributed by atoms with Crippen LogP contribution in [-0.2, 0) is 32.6 Å². The number of ether oxygens (including phenoxy) is 1. The van der Waals surface area contributed by atoms with Gasteiger partial charge in [0.25, 0.3) is 0 Å². The molecule has 0 heterocycles. The van der Waals surface area contributed by atoms with Gasteiger partial charge < -0.3 is 15.0 Å². The number of carbonyl (C=O) groups is 2. The van der Waals surface area contributed by atoms with Crippen molar-refractivity contribution < 1.29 is 22.7 Å². The molecule has 0 saturated carbocycles. The lowest BCUT2D eigenvalue weighted by molar-refractivity contribution is -0.140. The van der Waals surface area contributed by atoms with Crippen molar-refractivity contribution in [2.24, 2.45) is 0 Å². The lowest BCUT2D eigenvalue weighted by Crippen LogP contribution is -2.56. The molecule has 3 aromatic carbocycles. The first-order valence-electron chi connectivity index (χ1n) is 12.8. The van der Waals surface area contributed by atoms with Crippen LogP contribution in [0.3, 0.4) is 0 Å². The Morgan fingerprint density at radius 3 is 2.12 bits per heavy atom. The van der Waals surface area contributed by atoms with Crippen molar-refractivity contribution in [3.63, 3.8) is 0 Å². The van der Waals surface area contributed by atoms with Gasteiger partial charge in [0.05, 0.1) is 19.1 Å². The number of anilines is 1. The Hall–Kier alpha value is -3.37. The molecule has 0 saturated heterocycles. The summed E-state index contributed by atoms with van der Waals surface area (Å²) in [5.41, 5.74) is 1.44. The van der Waals surface area contributed by atoms with Crippen molar-refractivity contribution in [1.29, 1.82) is 0 Å². The number of sulfonamides is 1. The van der Waals surface area contributed by atoms with E-state index in [2.05, 4.69) is 21.2 Å². The number of rotatable bonds is 11. The van der Waals surface area contributed by atoms with Gasteiger partial charge in [-0.2, -0.15) is 0 Å². The minimum atomic E-state index is -3.84. The topological polar surface area (TPSA) is 96.0 Å². The van der Waals surface area contributed by atoms with E-state index in [1.54, 1.807) is 24.3 Å². The van der Waals surface area contributed by atoms with E-state index in [0.29, 0.717) is 11.4 Å². The lowest BCUT2D eigenvalue weighted by Gasteiger charge is -2.35. The molecular weight excluding hydrogens is 594 g/mol. The number of halogens is 1. The van der Waals surface area contributed by atoms with Crippen LogP contribution in [0, 0.1) is 0 Å². The number of methoxy groups -OCH3 is 1. The van der Waals surface area contributed by atoms with E-state index in [1.807, 2.05) is 75.4 Å². The molecule has 2 amide bonds. The third kappa shape index (κ3) is 9.09. The molecule has 10 heteroatoms. The Labute approximate surface area is 245 Å². The standard InChI is InChI=1S/C30H36BrN3O5S/c1-30(2,3)32-29(36)27(19-22-10-7-6-8-11-22)33(20-23-12-9-13-24(31)18-23)28(35)21-34(40(5,37)38)25-14-16-26(39-4)17-15-25/h6-18,27H,19-21H2,1-5H3,(H,32,36)/t27-/m1/s1. The molecule has 0 spiro atoms. The zero-order valence-electron chi connectivity index (χ0n) is 23.4. The van der Waals surface area contributed by atoms with Crippen molar-refractivity contribution in [1.82, 2.24) is 10.2 Å². The van der Waals surface area contributed by atoms with E-state index in [0.717, 1.165) is 26.2 Å². The highest BCUT2D eigenvalue weighted by molar-refractivity contribution is 9.10. The van der Waals surface area contributed by atoms with Gasteiger partial charge in [0.1, 0.15) is 18.3 Å². The normalized spacial score (nSPS) is 12.3. The summed E-state index contributed by atoms with van der Waals surface area (Å²) in [6.07, 6.45) is 1.31. The van der Waals surface area contributed by atoms with Crippen LogP contribution < -0.4 is 14.4 Å². The molecule has 8 nitrogen and oxygen atoms in total. The average molecular weight is 631 g/mol. The Morgan fingerprint density at radius 1 is 0.950 bits per heavy atom. The largest absolute Gasteiger partial charge is 0.497 e. The summed E-state index contributed by atoms with van der Waals surface area (Å²) in [7, 11) is -2.33. The van der Waals surface area contributed by atoms with Crippen LogP contribution in [0.4, 0.5) is 5.69 Å². The molecule has 0 aliphatic heterocycles. The fraction of sp³-hybridized carbons (Fsp3) is 0.333. The molecule has 3 rings (SSSR count). The van der Waals surface area contributed by atoms with E-state index in [4.69, 9.17) is 4.74 Å². The molecule has 0 aromatic heterocycles. The maximum absolute atomic E-state index is 14.1. The molecule has 214 valence electrons. The molecule has 3 aromatic rings. The first-order chi connectivity index (χ1) is 18.8. The van der Waals surface area contributed by atoms with Crippen LogP contribution in [0.25, 0.3) is 0 Å². The highest BCUT2D eigenvalue weighted by Crippen LogP contribution is 2.23. The van der Waals surface area contributed by atoms with Crippen LogP contribution in [0.15, 0.2) is 83.3 Å². The molecular formula is C30H36BrN3O5S. The zero-order valence-corrected chi connectivity index (χ0v) is 25.8. The van der Waals surface area contributed by atoms with E-state index in [-0.39, 0.29) is 18.9 Å². The lowest BCUT2D eigenvalue weighted by atomic mass is 10.0. The number of carbonyl (C=O) groups excluding carboxylic acids is 2. The zero-order chi connectivity index (χ0) is 29.5. The van der Waals surface area contributed by atoms with Gasteiger partial charge in [0.2, 0.25) is 21.8 Å². The minimum Gasteiger partial charge on any atom is -0.497 e. The Balaban J connectivity index is 2.06. The number of amides is 2. The Bertz CT molecular complexity index is 1410. The summed E-state index contributed by atoms with van der Waals surface area (Å²) in [5.74, 6) is -0.275. The highest BCUT2D eigenvalue weighted by atomic mass is 79.9. The maximum Gasteiger partial charge on any atom is 0.244 e. The molecule has 1 N–H and O–H groups in total. The van der Waals surface area contributed by atoms with Crippen LogP contribution in [-0.4, -0.2) is 56.6 Å². The van der Waals surface area contributed by atoms with Crippen LogP contribution >= 0.6 is 15.9 Å². The quantitative estimate of drug-likeness (QED) is 0.329. The van der Waals surface area contributed by atoms with Gasteiger partial charge in [-0.25, -0.2) is 8.42 Å². The summed E-state index contributed by atoms with van der Waals surface area (Å²) >= 11 is 3.48. The summed E-state index contributed by atoms with van der Waals surface area (Å²) in [6, 6.07) is 22.4. The molecule has 0 aliphatic carbocycles. The van der Waals surface area contributed by atoms with E-state index in [9.17, 15) is 18.0 Å². The molecule has 1 atom stereocenters. The number of benzene rings is 3. The summed E-state index contributed by atoms with van der Waals surface area (Å²) in [4.78, 5) is 29.3. The van der Waals surface area contributed by atoms with Crippen molar-refractivity contribution in [2.45, 2.75) is 45.3 Å². The smallest absolute Gasteiger partial charge is 0.244 e. The van der Waals surface area contributed by atoms with Crippen molar-refractivity contribution >= 4 is 43.5 Å². The highest BCUT2D eigenvalue weighted by Gasteiger charge is 2.34. The summed E-state index contributed by atoms with van der Waals surface area (Å²) < 4.78 is 32.8. The minimum absolute atomic E-state index is 0.105. The average Bonchev–Trinajstić information content (AvgIpc) is 2.88. The van der Waals surface area contributed by atoms with Gasteiger partial charge in [-0.05, 0) is 68.3 Å². The SMILES string of the molecule is COc1ccc(N(CC(=O)N(Cc2cccc(Br)c2)[C@H](Cc2ccccc2)C(=O)NC(C)(C)C)S(C)(=O)=O)cc1. The predicted octanol–water partition coefficient (Wildman–Crippen LogP) is 4.78. The summed E-state index contributed by atoms with van der Waals surface area (Å²) in [6.45, 7) is 5.25.